The SMILES string of the molecule is Cc1cccc(CNc2nc(C)cc(Nc3cccc(C)c3C)n2)c1. The molecule has 128 valence electrons. The average Bonchev–Trinajstić information content (AvgIpc) is 2.57. The summed E-state index contributed by atoms with van der Waals surface area (Å²) in [5.41, 5.74) is 6.95. The Morgan fingerprint density at radius 3 is 2.48 bits per heavy atom. The van der Waals surface area contributed by atoms with Gasteiger partial charge in [0.1, 0.15) is 5.82 Å². The summed E-state index contributed by atoms with van der Waals surface area (Å²) >= 11 is 0. The van der Waals surface area contributed by atoms with Gasteiger partial charge < -0.3 is 10.6 Å². The van der Waals surface area contributed by atoms with E-state index in [1.807, 2.05) is 13.0 Å². The Labute approximate surface area is 149 Å². The molecule has 0 aliphatic carbocycles. The third kappa shape index (κ3) is 4.35. The zero-order chi connectivity index (χ0) is 17.8. The fraction of sp³-hybridized carbons (Fsp3) is 0.238. The smallest absolute Gasteiger partial charge is 0.225 e. The van der Waals surface area contributed by atoms with Gasteiger partial charge in [-0.3, -0.25) is 0 Å². The van der Waals surface area contributed by atoms with Crippen LogP contribution in [0.4, 0.5) is 17.5 Å². The molecule has 4 heteroatoms. The Morgan fingerprint density at radius 2 is 1.68 bits per heavy atom. The number of anilines is 3. The Morgan fingerprint density at radius 1 is 0.880 bits per heavy atom. The van der Waals surface area contributed by atoms with Crippen molar-refractivity contribution in [1.82, 2.24) is 9.97 Å². The van der Waals surface area contributed by atoms with Crippen molar-refractivity contribution in [2.75, 3.05) is 10.6 Å². The highest BCUT2D eigenvalue weighted by Gasteiger charge is 2.06. The van der Waals surface area contributed by atoms with E-state index < -0.39 is 0 Å². The number of aryl methyl sites for hydroxylation is 3. The monoisotopic (exact) mass is 332 g/mol. The summed E-state index contributed by atoms with van der Waals surface area (Å²) in [4.78, 5) is 9.09. The Kier molecular flexibility index (Phi) is 4.98. The third-order valence-electron chi connectivity index (χ3n) is 4.25. The summed E-state index contributed by atoms with van der Waals surface area (Å²) in [7, 11) is 0. The van der Waals surface area contributed by atoms with E-state index in [9.17, 15) is 0 Å². The highest BCUT2D eigenvalue weighted by atomic mass is 15.1. The van der Waals surface area contributed by atoms with E-state index in [0.29, 0.717) is 12.5 Å². The maximum absolute atomic E-state index is 4.60. The molecule has 0 aliphatic rings. The predicted molar refractivity (Wildman–Crippen MR) is 104 cm³/mol. The summed E-state index contributed by atoms with van der Waals surface area (Å²) in [5.74, 6) is 1.43. The van der Waals surface area contributed by atoms with E-state index in [0.717, 1.165) is 17.2 Å². The molecule has 0 fully saturated rings. The average molecular weight is 332 g/mol. The van der Waals surface area contributed by atoms with Gasteiger partial charge in [0.25, 0.3) is 0 Å². The lowest BCUT2D eigenvalue weighted by Gasteiger charge is -2.13. The van der Waals surface area contributed by atoms with Gasteiger partial charge in [-0.25, -0.2) is 4.98 Å². The molecule has 25 heavy (non-hydrogen) atoms. The molecule has 0 spiro atoms. The fourth-order valence-electron chi connectivity index (χ4n) is 2.74. The zero-order valence-electron chi connectivity index (χ0n) is 15.2. The van der Waals surface area contributed by atoms with Crippen molar-refractivity contribution >= 4 is 17.5 Å². The number of hydrogen-bond acceptors (Lipinski definition) is 4. The minimum atomic E-state index is 0.634. The molecule has 3 rings (SSSR count). The van der Waals surface area contributed by atoms with Crippen molar-refractivity contribution in [2.24, 2.45) is 0 Å². The fourth-order valence-corrected chi connectivity index (χ4v) is 2.74. The van der Waals surface area contributed by atoms with E-state index in [-0.39, 0.29) is 0 Å². The lowest BCUT2D eigenvalue weighted by molar-refractivity contribution is 1.03. The van der Waals surface area contributed by atoms with Crippen LogP contribution in [-0.4, -0.2) is 9.97 Å². The lowest BCUT2D eigenvalue weighted by atomic mass is 10.1. The Bertz CT molecular complexity index is 887. The van der Waals surface area contributed by atoms with Crippen LogP contribution in [0.2, 0.25) is 0 Å². The minimum absolute atomic E-state index is 0.634. The first-order valence-corrected chi connectivity index (χ1v) is 8.49. The molecule has 3 aromatic rings. The van der Waals surface area contributed by atoms with Gasteiger partial charge in [0.15, 0.2) is 0 Å². The first kappa shape index (κ1) is 17.0. The van der Waals surface area contributed by atoms with Crippen LogP contribution in [0, 0.1) is 27.7 Å². The summed E-state index contributed by atoms with van der Waals surface area (Å²) in [6.07, 6.45) is 0. The van der Waals surface area contributed by atoms with Gasteiger partial charge in [-0.15, -0.1) is 0 Å². The van der Waals surface area contributed by atoms with Crippen LogP contribution in [0.25, 0.3) is 0 Å². The first-order valence-electron chi connectivity index (χ1n) is 8.49. The molecule has 0 amide bonds. The van der Waals surface area contributed by atoms with Gasteiger partial charge in [0.2, 0.25) is 5.95 Å². The Hall–Kier alpha value is -2.88. The van der Waals surface area contributed by atoms with E-state index in [2.05, 4.69) is 83.8 Å². The van der Waals surface area contributed by atoms with Crippen molar-refractivity contribution in [3.05, 3.63) is 76.5 Å². The summed E-state index contributed by atoms with van der Waals surface area (Å²) in [6.45, 7) is 9.00. The number of aromatic nitrogens is 2. The lowest BCUT2D eigenvalue weighted by Crippen LogP contribution is -2.07. The van der Waals surface area contributed by atoms with Crippen LogP contribution in [0.3, 0.4) is 0 Å². The van der Waals surface area contributed by atoms with Crippen LogP contribution in [0.1, 0.15) is 27.9 Å². The number of nitrogens with one attached hydrogen (secondary N) is 2. The maximum atomic E-state index is 4.60. The number of benzene rings is 2. The van der Waals surface area contributed by atoms with Crippen molar-refractivity contribution in [1.29, 1.82) is 0 Å². The molecule has 0 unspecified atom stereocenters. The quantitative estimate of drug-likeness (QED) is 0.685. The molecule has 2 N–H and O–H groups in total. The van der Waals surface area contributed by atoms with Gasteiger partial charge in [0, 0.05) is 24.0 Å². The highest BCUT2D eigenvalue weighted by molar-refractivity contribution is 5.62. The van der Waals surface area contributed by atoms with Crippen molar-refractivity contribution in [2.45, 2.75) is 34.2 Å². The van der Waals surface area contributed by atoms with Crippen LogP contribution < -0.4 is 10.6 Å². The summed E-state index contributed by atoms with van der Waals surface area (Å²) < 4.78 is 0. The van der Waals surface area contributed by atoms with Crippen molar-refractivity contribution in [3.8, 4) is 0 Å². The van der Waals surface area contributed by atoms with E-state index in [1.165, 1.54) is 22.3 Å². The maximum Gasteiger partial charge on any atom is 0.225 e. The summed E-state index contributed by atoms with van der Waals surface area (Å²) in [6, 6.07) is 16.6. The number of hydrogen-bond donors (Lipinski definition) is 2. The third-order valence-corrected chi connectivity index (χ3v) is 4.25. The van der Waals surface area contributed by atoms with Gasteiger partial charge in [-0.1, -0.05) is 42.0 Å². The first-order chi connectivity index (χ1) is 12.0. The van der Waals surface area contributed by atoms with E-state index >= 15 is 0 Å². The van der Waals surface area contributed by atoms with Gasteiger partial charge in [-0.2, -0.15) is 4.98 Å². The van der Waals surface area contributed by atoms with Crippen LogP contribution in [-0.2, 0) is 6.54 Å². The molecular formula is C21H24N4. The van der Waals surface area contributed by atoms with Gasteiger partial charge in [0.05, 0.1) is 0 Å². The number of rotatable bonds is 5. The minimum Gasteiger partial charge on any atom is -0.350 e. The molecule has 4 nitrogen and oxygen atoms in total. The Balaban J connectivity index is 1.77. The standard InChI is InChI=1S/C21H24N4/c1-14-7-5-9-18(11-14)13-22-21-23-16(3)12-20(25-21)24-19-10-6-8-15(2)17(19)4/h5-12H,13H2,1-4H3,(H2,22,23,24,25). The highest BCUT2D eigenvalue weighted by Crippen LogP contribution is 2.22. The largest absolute Gasteiger partial charge is 0.350 e. The van der Waals surface area contributed by atoms with E-state index in [4.69, 9.17) is 0 Å². The molecule has 0 aliphatic heterocycles. The molecule has 0 saturated carbocycles. The molecule has 0 atom stereocenters. The molecule has 1 heterocycles. The molecule has 0 bridgehead atoms. The summed E-state index contributed by atoms with van der Waals surface area (Å²) in [5, 5.41) is 6.73. The normalized spacial score (nSPS) is 10.6. The topological polar surface area (TPSA) is 49.8 Å². The predicted octanol–water partition coefficient (Wildman–Crippen LogP) is 5.07. The second kappa shape index (κ2) is 7.34. The molecule has 2 aromatic carbocycles. The van der Waals surface area contributed by atoms with Crippen molar-refractivity contribution < 1.29 is 0 Å². The zero-order valence-corrected chi connectivity index (χ0v) is 15.2. The van der Waals surface area contributed by atoms with Crippen LogP contribution in [0.15, 0.2) is 48.5 Å². The number of nitrogens with zero attached hydrogens (tertiary/aromatic N) is 2. The second-order valence-corrected chi connectivity index (χ2v) is 6.43. The molecular weight excluding hydrogens is 308 g/mol. The van der Waals surface area contributed by atoms with Crippen LogP contribution in [0.5, 0.6) is 0 Å². The van der Waals surface area contributed by atoms with Crippen molar-refractivity contribution in [3.63, 3.8) is 0 Å². The van der Waals surface area contributed by atoms with Gasteiger partial charge in [-0.05, 0) is 50.5 Å². The second-order valence-electron chi connectivity index (χ2n) is 6.43. The van der Waals surface area contributed by atoms with Crippen LogP contribution >= 0.6 is 0 Å². The molecule has 0 radical (unpaired) electrons. The molecule has 1 aromatic heterocycles. The van der Waals surface area contributed by atoms with E-state index in [1.54, 1.807) is 0 Å². The molecule has 0 saturated heterocycles. The van der Waals surface area contributed by atoms with Gasteiger partial charge >= 0.3 is 0 Å².